The van der Waals surface area contributed by atoms with Crippen LogP contribution < -0.4 is 23.6 Å². The van der Waals surface area contributed by atoms with E-state index in [1.54, 1.807) is 0 Å². The van der Waals surface area contributed by atoms with Crippen molar-refractivity contribution in [2.45, 2.75) is 0 Å². The SMILES string of the molecule is [F-].[Li+].[O]=[V]. The summed E-state index contributed by atoms with van der Waals surface area (Å²) in [6, 6.07) is 0. The van der Waals surface area contributed by atoms with Crippen molar-refractivity contribution in [2.24, 2.45) is 0 Å². The molecule has 1 nitrogen and oxygen atoms in total. The molecule has 0 N–H and O–H groups in total. The van der Waals surface area contributed by atoms with Gasteiger partial charge < -0.3 is 4.70 Å². The Bertz CT molecular complexity index is 8.00. The summed E-state index contributed by atoms with van der Waals surface area (Å²) in [5.41, 5.74) is 0. The van der Waals surface area contributed by atoms with Crippen LogP contribution in [0.4, 0.5) is 0 Å². The van der Waals surface area contributed by atoms with Crippen molar-refractivity contribution in [2.75, 3.05) is 0 Å². The van der Waals surface area contributed by atoms with Gasteiger partial charge in [0.05, 0.1) is 0 Å². The molecule has 0 spiro atoms. The first kappa shape index (κ1) is 20.6. The first-order valence-electron chi connectivity index (χ1n) is 0.183. The second kappa shape index (κ2) is 39.9. The Hall–Kier alpha value is 0.912. The van der Waals surface area contributed by atoms with E-state index in [4.69, 9.17) is 3.67 Å². The number of halogens is 1. The summed E-state index contributed by atoms with van der Waals surface area (Å²) in [5.74, 6) is 0. The molecule has 4 heteroatoms. The van der Waals surface area contributed by atoms with Crippen LogP contribution in [-0.2, 0) is 21.0 Å². The minimum absolute atomic E-state index is 0. The van der Waals surface area contributed by atoms with Crippen LogP contribution in [0, 0.1) is 0 Å². The van der Waals surface area contributed by atoms with Gasteiger partial charge in [0, 0.05) is 0 Å². The third kappa shape index (κ3) is 12.8. The Morgan fingerprint density at radius 1 is 1.25 bits per heavy atom. The molecule has 0 aromatic rings. The number of hydrogen-bond donors (Lipinski definition) is 0. The van der Waals surface area contributed by atoms with Crippen LogP contribution in [0.3, 0.4) is 0 Å². The van der Waals surface area contributed by atoms with E-state index in [1.165, 1.54) is 0 Å². The zero-order chi connectivity index (χ0) is 2.00. The zero-order valence-corrected chi connectivity index (χ0v) is 3.63. The average Bonchev–Trinajstić information content (AvgIpc) is 1.00. The summed E-state index contributed by atoms with van der Waals surface area (Å²) in [5, 5.41) is 0. The Balaban J connectivity index is -0.00000000500. The van der Waals surface area contributed by atoms with Crippen LogP contribution in [-0.4, -0.2) is 0 Å². The maximum absolute atomic E-state index is 8.19. The molecule has 0 radical (unpaired) electrons. The molecule has 0 amide bonds. The second-order valence-electron chi connectivity index (χ2n) is 0. The summed E-state index contributed by atoms with van der Waals surface area (Å²) in [4.78, 5) is 0. The predicted molar refractivity (Wildman–Crippen MR) is 0.686 cm³/mol. The maximum atomic E-state index is 8.19. The zero-order valence-electron chi connectivity index (χ0n) is 2.23. The molecule has 0 saturated carbocycles. The van der Waals surface area contributed by atoms with Gasteiger partial charge in [-0.2, -0.15) is 0 Å². The first-order valence-corrected chi connectivity index (χ1v) is 0.753. The van der Waals surface area contributed by atoms with Gasteiger partial charge in [-0.1, -0.05) is 0 Å². The molecule has 0 rings (SSSR count). The molecule has 0 fully saturated rings. The van der Waals surface area contributed by atoms with Crippen LogP contribution in [0.2, 0.25) is 0 Å². The monoisotopic (exact) mass is 93.0 g/mol. The number of hydrogen-bond acceptors (Lipinski definition) is 1. The minimum atomic E-state index is 0. The van der Waals surface area contributed by atoms with Gasteiger partial charge in [0.1, 0.15) is 0 Å². The Morgan fingerprint density at radius 2 is 1.25 bits per heavy atom. The van der Waals surface area contributed by atoms with E-state index in [-0.39, 0.29) is 23.6 Å². The van der Waals surface area contributed by atoms with Crippen molar-refractivity contribution in [3.8, 4) is 0 Å². The van der Waals surface area contributed by atoms with Gasteiger partial charge in [-0.3, -0.25) is 0 Å². The van der Waals surface area contributed by atoms with Crippen LogP contribution in [0.25, 0.3) is 0 Å². The van der Waals surface area contributed by atoms with Gasteiger partial charge >= 0.3 is 39.9 Å². The van der Waals surface area contributed by atoms with Crippen molar-refractivity contribution in [3.05, 3.63) is 0 Å². The van der Waals surface area contributed by atoms with Gasteiger partial charge in [-0.05, 0) is 0 Å². The molecule has 0 heterocycles. The fourth-order valence-corrected chi connectivity index (χ4v) is 0. The normalized spacial score (nSPS) is 0.750. The van der Waals surface area contributed by atoms with E-state index in [2.05, 4.69) is 0 Å². The number of rotatable bonds is 0. The van der Waals surface area contributed by atoms with Crippen LogP contribution in [0.1, 0.15) is 0 Å². The molecule has 0 aromatic heterocycles. The predicted octanol–water partition coefficient (Wildman–Crippen LogP) is -6.11. The van der Waals surface area contributed by atoms with Crippen LogP contribution in [0.15, 0.2) is 0 Å². The standard InChI is InChI=1S/FH.Li.O.V/h1H;;;/q;+1;;/p-1. The van der Waals surface area contributed by atoms with Crippen LogP contribution >= 0.6 is 0 Å². The van der Waals surface area contributed by atoms with Gasteiger partial charge in [0.25, 0.3) is 0 Å². The van der Waals surface area contributed by atoms with E-state index in [0.29, 0.717) is 0 Å². The van der Waals surface area contributed by atoms with Gasteiger partial charge in [0.15, 0.2) is 0 Å². The Kier molecular flexibility index (Phi) is 205. The van der Waals surface area contributed by atoms with Crippen molar-refractivity contribution in [3.63, 3.8) is 0 Å². The molecule has 0 bridgehead atoms. The fraction of sp³-hybridized carbons (Fsp3) is 0. The van der Waals surface area contributed by atoms with Crippen LogP contribution in [0.5, 0.6) is 0 Å². The molecule has 0 saturated heterocycles. The molecule has 0 atom stereocenters. The van der Waals surface area contributed by atoms with Gasteiger partial charge in [-0.15, -0.1) is 0 Å². The quantitative estimate of drug-likeness (QED) is 0.272. The molecule has 0 aliphatic rings. The molecular formula is FLiOV. The van der Waals surface area contributed by atoms with E-state index < -0.39 is 0 Å². The van der Waals surface area contributed by atoms with E-state index >= 15 is 0 Å². The second-order valence-corrected chi connectivity index (χ2v) is 0. The fourth-order valence-electron chi connectivity index (χ4n) is 0. The van der Waals surface area contributed by atoms with Crippen molar-refractivity contribution < 1.29 is 44.6 Å². The topological polar surface area (TPSA) is 17.1 Å². The molecule has 0 aliphatic heterocycles. The molecule has 0 aromatic carbocycles. The summed E-state index contributed by atoms with van der Waals surface area (Å²) in [6.45, 7) is 0. The van der Waals surface area contributed by atoms with Gasteiger partial charge in [0.2, 0.25) is 0 Å². The van der Waals surface area contributed by atoms with Crippen molar-refractivity contribution >= 4 is 0 Å². The van der Waals surface area contributed by atoms with Crippen molar-refractivity contribution in [1.29, 1.82) is 0 Å². The third-order valence-electron chi connectivity index (χ3n) is 0. The summed E-state index contributed by atoms with van der Waals surface area (Å²) >= 11 is 1.06. The molecule has 4 heavy (non-hydrogen) atoms. The molecule has 0 aliphatic carbocycles. The third-order valence-corrected chi connectivity index (χ3v) is 0. The van der Waals surface area contributed by atoms with Crippen molar-refractivity contribution in [1.82, 2.24) is 0 Å². The average molecular weight is 92.9 g/mol. The van der Waals surface area contributed by atoms with E-state index in [1.807, 2.05) is 0 Å². The molecular weight excluding hydrogens is 92.9 g/mol. The Labute approximate surface area is 44.9 Å². The summed E-state index contributed by atoms with van der Waals surface area (Å²) in [7, 11) is 0. The summed E-state index contributed by atoms with van der Waals surface area (Å²) < 4.78 is 8.19. The summed E-state index contributed by atoms with van der Waals surface area (Å²) in [6.07, 6.45) is 0. The van der Waals surface area contributed by atoms with E-state index in [9.17, 15) is 0 Å². The molecule has 19 valence electrons. The first-order chi connectivity index (χ1) is 1.00. The Morgan fingerprint density at radius 3 is 1.25 bits per heavy atom. The molecule has 0 unspecified atom stereocenters. The van der Waals surface area contributed by atoms with Gasteiger partial charge in [-0.25, -0.2) is 0 Å². The van der Waals surface area contributed by atoms with E-state index in [0.717, 1.165) is 17.4 Å².